The van der Waals surface area contributed by atoms with Crippen molar-refractivity contribution in [1.82, 2.24) is 0 Å². The molecule has 0 saturated carbocycles. The summed E-state index contributed by atoms with van der Waals surface area (Å²) in [6, 6.07) is 0.776. The molecule has 0 bridgehead atoms. The van der Waals surface area contributed by atoms with Crippen LogP contribution < -0.4 is 0 Å². The molecule has 0 saturated heterocycles. The van der Waals surface area contributed by atoms with Gasteiger partial charge >= 0.3 is 8.80 Å². The molecule has 0 aliphatic heterocycles. The Morgan fingerprint density at radius 3 is 1.87 bits per heavy atom. The van der Waals surface area contributed by atoms with Gasteiger partial charge in [0.15, 0.2) is 6.73 Å². The summed E-state index contributed by atoms with van der Waals surface area (Å²) in [6.07, 6.45) is 0.912. The lowest BCUT2D eigenvalue weighted by atomic mass is 10.4. The second kappa shape index (κ2) is 6.57. The van der Waals surface area contributed by atoms with Gasteiger partial charge in [-0.05, 0) is 0 Å². The Labute approximate surface area is 93.5 Å². The molecule has 0 aromatic heterocycles. The lowest BCUT2D eigenvalue weighted by molar-refractivity contribution is -0.908. The second-order valence-electron chi connectivity index (χ2n) is 4.20. The Bertz CT molecular complexity index is 165. The molecular formula is C9H24NO4Si+. The van der Waals surface area contributed by atoms with Crippen molar-refractivity contribution >= 4 is 8.80 Å². The summed E-state index contributed by atoms with van der Waals surface area (Å²) in [4.78, 5) is 0. The van der Waals surface area contributed by atoms with Gasteiger partial charge in [0, 0.05) is 33.8 Å². The van der Waals surface area contributed by atoms with E-state index in [9.17, 15) is 0 Å². The van der Waals surface area contributed by atoms with Gasteiger partial charge in [0.05, 0.1) is 20.6 Å². The van der Waals surface area contributed by atoms with Crippen LogP contribution in [0.4, 0.5) is 0 Å². The van der Waals surface area contributed by atoms with E-state index < -0.39 is 8.80 Å². The Morgan fingerprint density at radius 2 is 1.53 bits per heavy atom. The first-order valence-electron chi connectivity index (χ1n) is 5.03. The van der Waals surface area contributed by atoms with E-state index in [2.05, 4.69) is 0 Å². The maximum Gasteiger partial charge on any atom is 0.500 e. The normalized spacial score (nSPS) is 13.2. The molecule has 5 nitrogen and oxygen atoms in total. The summed E-state index contributed by atoms with van der Waals surface area (Å²) in [5.41, 5.74) is 0. The zero-order valence-electron chi connectivity index (χ0n) is 10.4. The Balaban J connectivity index is 4.02. The molecular weight excluding hydrogens is 214 g/mol. The average molecular weight is 238 g/mol. The molecule has 0 radical (unpaired) electrons. The summed E-state index contributed by atoms with van der Waals surface area (Å²) in [5, 5.41) is 9.08. The maximum atomic E-state index is 9.08. The zero-order valence-corrected chi connectivity index (χ0v) is 11.4. The van der Waals surface area contributed by atoms with Crippen LogP contribution in [0.25, 0.3) is 0 Å². The fraction of sp³-hybridized carbons (Fsp3) is 1.00. The van der Waals surface area contributed by atoms with Gasteiger partial charge in [-0.1, -0.05) is 0 Å². The molecule has 0 amide bonds. The van der Waals surface area contributed by atoms with Gasteiger partial charge < -0.3 is 22.9 Å². The van der Waals surface area contributed by atoms with Crippen molar-refractivity contribution in [3.8, 4) is 0 Å². The van der Waals surface area contributed by atoms with Crippen molar-refractivity contribution < 1.29 is 22.9 Å². The van der Waals surface area contributed by atoms with E-state index in [1.54, 1.807) is 21.3 Å². The van der Waals surface area contributed by atoms with Crippen molar-refractivity contribution in [1.29, 1.82) is 0 Å². The number of hydrogen-bond donors (Lipinski definition) is 1. The minimum absolute atomic E-state index is 0.140. The molecule has 15 heavy (non-hydrogen) atoms. The fourth-order valence-electron chi connectivity index (χ4n) is 1.35. The van der Waals surface area contributed by atoms with Gasteiger partial charge in [0.25, 0.3) is 0 Å². The van der Waals surface area contributed by atoms with Crippen LogP contribution in [0, 0.1) is 0 Å². The molecule has 0 aliphatic carbocycles. The topological polar surface area (TPSA) is 47.9 Å². The molecule has 0 aliphatic rings. The highest BCUT2D eigenvalue weighted by atomic mass is 28.4. The van der Waals surface area contributed by atoms with Crippen molar-refractivity contribution in [2.24, 2.45) is 0 Å². The quantitative estimate of drug-likeness (QED) is 0.375. The average Bonchev–Trinajstić information content (AvgIpc) is 2.25. The molecule has 0 spiro atoms. The van der Waals surface area contributed by atoms with Crippen LogP contribution in [-0.2, 0) is 13.3 Å². The van der Waals surface area contributed by atoms with Gasteiger partial charge in [0.2, 0.25) is 0 Å². The highest BCUT2D eigenvalue weighted by Crippen LogP contribution is 2.15. The first-order chi connectivity index (χ1) is 6.95. The van der Waals surface area contributed by atoms with Crippen molar-refractivity contribution in [2.45, 2.75) is 12.5 Å². The predicted molar refractivity (Wildman–Crippen MR) is 60.3 cm³/mol. The predicted octanol–water partition coefficient (Wildman–Crippen LogP) is 0.281. The van der Waals surface area contributed by atoms with Crippen molar-refractivity contribution in [3.05, 3.63) is 0 Å². The van der Waals surface area contributed by atoms with Gasteiger partial charge in [-0.15, -0.1) is 0 Å². The molecule has 0 heterocycles. The lowest BCUT2D eigenvalue weighted by Gasteiger charge is -2.29. The maximum absolute atomic E-state index is 9.08. The number of quaternary nitrogens is 1. The zero-order chi connectivity index (χ0) is 11.9. The third kappa shape index (κ3) is 5.05. The molecule has 0 aromatic carbocycles. The molecule has 0 rings (SSSR count). The summed E-state index contributed by atoms with van der Waals surface area (Å²) < 4.78 is 16.5. The van der Waals surface area contributed by atoms with Crippen molar-refractivity contribution in [3.63, 3.8) is 0 Å². The first kappa shape index (κ1) is 15.0. The van der Waals surface area contributed by atoms with Crippen LogP contribution >= 0.6 is 0 Å². The molecule has 0 unspecified atom stereocenters. The highest BCUT2D eigenvalue weighted by molar-refractivity contribution is 6.60. The largest absolute Gasteiger partial charge is 0.500 e. The monoisotopic (exact) mass is 238 g/mol. The standard InChI is InChI=1S/C9H24NO4Si/c1-10(2,9-11)7-6-8-15(12-3,13-4)14-5/h11H,6-9H2,1-5H3/q+1. The molecule has 6 heteroatoms. The van der Waals surface area contributed by atoms with E-state index in [4.69, 9.17) is 18.4 Å². The number of aliphatic hydroxyl groups excluding tert-OH is 1. The van der Waals surface area contributed by atoms with Crippen LogP contribution in [-0.4, -0.2) is 67.1 Å². The smallest absolute Gasteiger partial charge is 0.377 e. The minimum atomic E-state index is -2.42. The molecule has 0 aromatic rings. The highest BCUT2D eigenvalue weighted by Gasteiger charge is 2.37. The number of rotatable bonds is 8. The molecule has 0 atom stereocenters. The van der Waals surface area contributed by atoms with Gasteiger partial charge in [-0.3, -0.25) is 0 Å². The first-order valence-corrected chi connectivity index (χ1v) is 6.97. The van der Waals surface area contributed by atoms with Gasteiger partial charge in [-0.25, -0.2) is 0 Å². The Kier molecular flexibility index (Phi) is 6.57. The van der Waals surface area contributed by atoms with Crippen LogP contribution in [0.2, 0.25) is 6.04 Å². The van der Waals surface area contributed by atoms with E-state index in [0.29, 0.717) is 4.48 Å². The van der Waals surface area contributed by atoms with Gasteiger partial charge in [-0.2, -0.15) is 0 Å². The van der Waals surface area contributed by atoms with Crippen LogP contribution in [0.15, 0.2) is 0 Å². The van der Waals surface area contributed by atoms with E-state index in [1.165, 1.54) is 0 Å². The van der Waals surface area contributed by atoms with Gasteiger partial charge in [0.1, 0.15) is 0 Å². The third-order valence-electron chi connectivity index (χ3n) is 2.56. The van der Waals surface area contributed by atoms with Crippen LogP contribution in [0.1, 0.15) is 6.42 Å². The Morgan fingerprint density at radius 1 is 1.07 bits per heavy atom. The van der Waals surface area contributed by atoms with E-state index >= 15 is 0 Å². The Hall–Kier alpha value is 0.0169. The summed E-state index contributed by atoms with van der Waals surface area (Å²) in [5.74, 6) is 0. The fourth-order valence-corrected chi connectivity index (χ4v) is 3.05. The lowest BCUT2D eigenvalue weighted by Crippen LogP contribution is -2.45. The van der Waals surface area contributed by atoms with Crippen LogP contribution in [0.5, 0.6) is 0 Å². The minimum Gasteiger partial charge on any atom is -0.377 e. The molecule has 0 fully saturated rings. The number of aliphatic hydroxyl groups is 1. The van der Waals surface area contributed by atoms with E-state index in [1.807, 2.05) is 14.1 Å². The second-order valence-corrected chi connectivity index (χ2v) is 7.29. The summed E-state index contributed by atoms with van der Waals surface area (Å²) in [6.45, 7) is 1.02. The molecule has 1 N–H and O–H groups in total. The van der Waals surface area contributed by atoms with Crippen LogP contribution in [0.3, 0.4) is 0 Å². The summed E-state index contributed by atoms with van der Waals surface area (Å²) >= 11 is 0. The van der Waals surface area contributed by atoms with E-state index in [0.717, 1.165) is 19.0 Å². The van der Waals surface area contributed by atoms with E-state index in [-0.39, 0.29) is 6.73 Å². The van der Waals surface area contributed by atoms with Crippen molar-refractivity contribution in [2.75, 3.05) is 48.7 Å². The number of nitrogens with zero attached hydrogens (tertiary/aromatic N) is 1. The summed E-state index contributed by atoms with van der Waals surface area (Å²) in [7, 11) is 6.39. The third-order valence-corrected chi connectivity index (χ3v) is 5.39. The molecule has 92 valence electrons. The number of hydrogen-bond acceptors (Lipinski definition) is 4. The SMILES string of the molecule is CO[Si](CCC[N+](C)(C)CO)(OC)OC.